The minimum absolute atomic E-state index is 0.0833. The van der Waals surface area contributed by atoms with E-state index >= 15 is 0 Å². The fourth-order valence-electron chi connectivity index (χ4n) is 0. The Balaban J connectivity index is 0. The van der Waals surface area contributed by atoms with Crippen LogP contribution in [0.15, 0.2) is 12.3 Å². The van der Waals surface area contributed by atoms with Gasteiger partial charge in [-0.25, -0.2) is 0 Å². The first-order valence-electron chi connectivity index (χ1n) is 2.55. The van der Waals surface area contributed by atoms with Crippen LogP contribution in [-0.2, 0) is 4.79 Å². The van der Waals surface area contributed by atoms with E-state index in [9.17, 15) is 9.90 Å². The lowest BCUT2D eigenvalue weighted by Gasteiger charge is -1.92. The van der Waals surface area contributed by atoms with Crippen LogP contribution in [0.5, 0.6) is 0 Å². The van der Waals surface area contributed by atoms with Crippen LogP contribution in [-0.4, -0.2) is 11.1 Å². The molecule has 0 unspecified atom stereocenters. The monoisotopic (exact) mass is 131 g/mol. The molecular weight excluding hydrogens is 120 g/mol. The zero-order chi connectivity index (χ0) is 7.86. The number of hydrogen-bond donors (Lipinski definition) is 1. The third-order valence-corrected chi connectivity index (χ3v) is 0.302. The molecule has 0 saturated carbocycles. The second-order valence-corrected chi connectivity index (χ2v) is 1.45. The van der Waals surface area contributed by atoms with Crippen LogP contribution in [0.1, 0.15) is 20.3 Å². The molecule has 0 spiro atoms. The van der Waals surface area contributed by atoms with Gasteiger partial charge >= 0.3 is 5.97 Å². The van der Waals surface area contributed by atoms with Crippen LogP contribution < -0.4 is 5.11 Å². The summed E-state index contributed by atoms with van der Waals surface area (Å²) >= 11 is 0. The van der Waals surface area contributed by atoms with E-state index < -0.39 is 5.97 Å². The van der Waals surface area contributed by atoms with E-state index in [1.54, 1.807) is 6.92 Å². The predicted octanol–water partition coefficient (Wildman–Crippen LogP) is 0.361. The van der Waals surface area contributed by atoms with Crippen LogP contribution in [0, 0.1) is 0 Å². The maximum atomic E-state index is 9.37. The van der Waals surface area contributed by atoms with E-state index in [-0.39, 0.29) is 12.2 Å². The molecule has 0 aliphatic rings. The molecule has 0 bridgehead atoms. The number of aliphatic carboxylic acids is 1. The van der Waals surface area contributed by atoms with E-state index in [0.29, 0.717) is 0 Å². The van der Waals surface area contributed by atoms with Crippen molar-refractivity contribution in [2.75, 3.05) is 0 Å². The fraction of sp³-hybridized carbons (Fsp3) is 0.500. The Labute approximate surface area is 54.6 Å². The van der Waals surface area contributed by atoms with Crippen LogP contribution in [0.25, 0.3) is 0 Å². The summed E-state index contributed by atoms with van der Waals surface area (Å²) in [6, 6.07) is 0. The van der Waals surface area contributed by atoms with Crippen molar-refractivity contribution in [1.82, 2.24) is 0 Å². The lowest BCUT2D eigenvalue weighted by Crippen LogP contribution is -1.92. The first-order valence-corrected chi connectivity index (χ1v) is 2.55. The highest BCUT2D eigenvalue weighted by Gasteiger charge is 1.80. The molecule has 0 radical (unpaired) electrons. The van der Waals surface area contributed by atoms with Crippen molar-refractivity contribution in [3.8, 4) is 0 Å². The zero-order valence-corrected chi connectivity index (χ0v) is 5.68. The standard InChI is InChI=1S/C3H6O2.C3H6O/c1-2-3(4)5;1-3(2)4/h2H2,1H3,(H,4,5);4H,1H2,2H3/p-1. The highest BCUT2D eigenvalue weighted by atomic mass is 16.4. The highest BCUT2D eigenvalue weighted by molar-refractivity contribution is 5.66. The van der Waals surface area contributed by atoms with Crippen molar-refractivity contribution < 1.29 is 15.0 Å². The van der Waals surface area contributed by atoms with Gasteiger partial charge in [-0.15, -0.1) is 12.3 Å². The lowest BCUT2D eigenvalue weighted by molar-refractivity contribution is -0.300. The minimum atomic E-state index is -0.745. The van der Waals surface area contributed by atoms with Gasteiger partial charge in [0.2, 0.25) is 0 Å². The van der Waals surface area contributed by atoms with E-state index in [1.165, 1.54) is 6.92 Å². The van der Waals surface area contributed by atoms with Crippen LogP contribution >= 0.6 is 0 Å². The average Bonchev–Trinajstić information content (AvgIpc) is 1.65. The van der Waals surface area contributed by atoms with Gasteiger partial charge in [-0.1, -0.05) is 13.8 Å². The van der Waals surface area contributed by atoms with Crippen molar-refractivity contribution >= 4 is 5.97 Å². The van der Waals surface area contributed by atoms with Gasteiger partial charge in [-0.2, -0.15) is 0 Å². The molecule has 9 heavy (non-hydrogen) atoms. The molecule has 0 amide bonds. The largest absolute Gasteiger partial charge is 0.876 e. The molecule has 0 aromatic carbocycles. The van der Waals surface area contributed by atoms with Crippen molar-refractivity contribution in [3.05, 3.63) is 12.3 Å². The Morgan fingerprint density at radius 3 is 1.89 bits per heavy atom. The van der Waals surface area contributed by atoms with E-state index in [1.807, 2.05) is 0 Å². The Morgan fingerprint density at radius 1 is 1.78 bits per heavy atom. The third-order valence-electron chi connectivity index (χ3n) is 0.302. The number of carboxylic acid groups (broad SMARTS) is 1. The summed E-state index contributed by atoms with van der Waals surface area (Å²) < 4.78 is 0. The summed E-state index contributed by atoms with van der Waals surface area (Å²) in [7, 11) is 0. The van der Waals surface area contributed by atoms with Gasteiger partial charge in [0.1, 0.15) is 0 Å². The molecule has 0 saturated heterocycles. The molecule has 0 atom stereocenters. The van der Waals surface area contributed by atoms with Crippen molar-refractivity contribution in [2.24, 2.45) is 0 Å². The molecular formula is C6H11O3-. The fourth-order valence-corrected chi connectivity index (χ4v) is 0. The molecule has 0 fully saturated rings. The van der Waals surface area contributed by atoms with Crippen LogP contribution in [0.3, 0.4) is 0 Å². The van der Waals surface area contributed by atoms with Crippen molar-refractivity contribution in [3.63, 3.8) is 0 Å². The average molecular weight is 131 g/mol. The van der Waals surface area contributed by atoms with Gasteiger partial charge in [0.15, 0.2) is 0 Å². The Hall–Kier alpha value is -0.990. The number of carboxylic acids is 1. The second kappa shape index (κ2) is 7.01. The number of rotatable bonds is 1. The first-order chi connectivity index (χ1) is 4.00. The molecule has 3 heteroatoms. The second-order valence-electron chi connectivity index (χ2n) is 1.45. The summed E-state index contributed by atoms with van der Waals surface area (Å²) in [6.07, 6.45) is 0.222. The van der Waals surface area contributed by atoms with Crippen molar-refractivity contribution in [1.29, 1.82) is 0 Å². The maximum absolute atomic E-state index is 9.37. The van der Waals surface area contributed by atoms with E-state index in [4.69, 9.17) is 5.11 Å². The van der Waals surface area contributed by atoms with Gasteiger partial charge in [-0.05, 0) is 0 Å². The third kappa shape index (κ3) is 172. The lowest BCUT2D eigenvalue weighted by atomic mass is 10.5. The maximum Gasteiger partial charge on any atom is 0.303 e. The molecule has 0 aromatic rings. The normalized spacial score (nSPS) is 6.89. The number of allylic oxidation sites excluding steroid dienone is 1. The van der Waals surface area contributed by atoms with E-state index in [0.717, 1.165) is 0 Å². The summed E-state index contributed by atoms with van der Waals surface area (Å²) in [6.45, 7) is 6.02. The SMILES string of the molecule is C=C(C)[O-].CCC(=O)O. The summed E-state index contributed by atoms with van der Waals surface area (Å²) in [5.74, 6) is -0.829. The van der Waals surface area contributed by atoms with Gasteiger partial charge in [0.05, 0.1) is 0 Å². The number of hydrogen-bond acceptors (Lipinski definition) is 2. The van der Waals surface area contributed by atoms with Gasteiger partial charge in [0.25, 0.3) is 0 Å². The van der Waals surface area contributed by atoms with Gasteiger partial charge in [0, 0.05) is 6.42 Å². The molecule has 0 aliphatic carbocycles. The molecule has 1 N–H and O–H groups in total. The van der Waals surface area contributed by atoms with Gasteiger partial charge in [-0.3, -0.25) is 4.79 Å². The zero-order valence-electron chi connectivity index (χ0n) is 5.68. The number of carbonyl (C=O) groups is 1. The highest BCUT2D eigenvalue weighted by Crippen LogP contribution is 1.67. The Bertz CT molecular complexity index is 92.5. The molecule has 3 nitrogen and oxygen atoms in total. The summed E-state index contributed by atoms with van der Waals surface area (Å²) in [4.78, 5) is 9.37. The summed E-state index contributed by atoms with van der Waals surface area (Å²) in [5.41, 5.74) is 0. The predicted molar refractivity (Wildman–Crippen MR) is 32.7 cm³/mol. The van der Waals surface area contributed by atoms with Crippen molar-refractivity contribution in [2.45, 2.75) is 20.3 Å². The minimum Gasteiger partial charge on any atom is -0.876 e. The van der Waals surface area contributed by atoms with Crippen LogP contribution in [0.4, 0.5) is 0 Å². The quantitative estimate of drug-likeness (QED) is 0.523. The molecule has 0 heterocycles. The Kier molecular flexibility index (Phi) is 8.49. The Morgan fingerprint density at radius 2 is 1.89 bits per heavy atom. The van der Waals surface area contributed by atoms with Crippen LogP contribution in [0.2, 0.25) is 0 Å². The molecule has 0 aliphatic heterocycles. The molecule has 54 valence electrons. The topological polar surface area (TPSA) is 60.4 Å². The van der Waals surface area contributed by atoms with Gasteiger partial charge < -0.3 is 10.2 Å². The molecule has 0 aromatic heterocycles. The molecule has 0 rings (SSSR count). The first kappa shape index (κ1) is 10.9. The summed E-state index contributed by atoms with van der Waals surface area (Å²) in [5, 5.41) is 17.1. The van der Waals surface area contributed by atoms with E-state index in [2.05, 4.69) is 6.58 Å². The smallest absolute Gasteiger partial charge is 0.303 e.